The maximum absolute atomic E-state index is 5.55. The highest BCUT2D eigenvalue weighted by Gasteiger charge is 2.19. The highest BCUT2D eigenvalue weighted by atomic mass is 35.5. The summed E-state index contributed by atoms with van der Waals surface area (Å²) in [6.45, 7) is 15.8. The van der Waals surface area contributed by atoms with Crippen molar-refractivity contribution in [1.29, 1.82) is 0 Å². The molecule has 0 aromatic carbocycles. The van der Waals surface area contributed by atoms with Gasteiger partial charge in [0.05, 0.1) is 6.61 Å². The van der Waals surface area contributed by atoms with Gasteiger partial charge in [0, 0.05) is 12.1 Å². The molecular formula is C10H22ClNO. The summed E-state index contributed by atoms with van der Waals surface area (Å²) < 4.78 is 0. The summed E-state index contributed by atoms with van der Waals surface area (Å²) in [5.41, 5.74) is 1.13. The van der Waals surface area contributed by atoms with Crippen molar-refractivity contribution in [2.45, 2.75) is 40.2 Å². The van der Waals surface area contributed by atoms with E-state index in [2.05, 4.69) is 34.3 Å². The number of rotatable bonds is 4. The van der Waals surface area contributed by atoms with Crippen LogP contribution in [-0.4, -0.2) is 23.8 Å². The molecule has 0 aromatic heterocycles. The van der Waals surface area contributed by atoms with Crippen LogP contribution in [-0.2, 0) is 4.84 Å². The number of hydroxylamine groups is 2. The van der Waals surface area contributed by atoms with Crippen molar-refractivity contribution >= 4 is 12.4 Å². The molecule has 3 heteroatoms. The van der Waals surface area contributed by atoms with Gasteiger partial charge >= 0.3 is 0 Å². The van der Waals surface area contributed by atoms with Crippen molar-refractivity contribution in [3.05, 3.63) is 12.2 Å². The van der Waals surface area contributed by atoms with Gasteiger partial charge in [-0.25, -0.2) is 0 Å². The minimum absolute atomic E-state index is 0. The van der Waals surface area contributed by atoms with Gasteiger partial charge in [0.1, 0.15) is 0 Å². The highest BCUT2D eigenvalue weighted by molar-refractivity contribution is 5.85. The standard InChI is InChI=1S/C10H21NO.ClH/c1-7-11(10(4,5)6)12-8-9(2)3;/h2,7-8H2,1,3-6H3;1H. The molecular weight excluding hydrogens is 186 g/mol. The fourth-order valence-corrected chi connectivity index (χ4v) is 0.947. The largest absolute Gasteiger partial charge is 0.294 e. The van der Waals surface area contributed by atoms with E-state index in [0.717, 1.165) is 12.1 Å². The zero-order valence-corrected chi connectivity index (χ0v) is 10.2. The van der Waals surface area contributed by atoms with Crippen LogP contribution in [0.4, 0.5) is 0 Å². The highest BCUT2D eigenvalue weighted by Crippen LogP contribution is 2.13. The van der Waals surface area contributed by atoms with Crippen LogP contribution < -0.4 is 0 Å². The second-order valence-electron chi connectivity index (χ2n) is 4.10. The zero-order valence-electron chi connectivity index (χ0n) is 9.39. The Balaban J connectivity index is 0. The summed E-state index contributed by atoms with van der Waals surface area (Å²) in [5.74, 6) is 0. The van der Waals surface area contributed by atoms with E-state index in [1.165, 1.54) is 0 Å². The van der Waals surface area contributed by atoms with Crippen LogP contribution in [0, 0.1) is 0 Å². The van der Waals surface area contributed by atoms with E-state index in [0.29, 0.717) is 6.61 Å². The van der Waals surface area contributed by atoms with E-state index >= 15 is 0 Å². The molecule has 0 unspecified atom stereocenters. The second-order valence-corrected chi connectivity index (χ2v) is 4.10. The normalized spacial score (nSPS) is 11.2. The van der Waals surface area contributed by atoms with Gasteiger partial charge in [0.2, 0.25) is 0 Å². The van der Waals surface area contributed by atoms with Crippen LogP contribution in [0.25, 0.3) is 0 Å². The molecule has 0 bridgehead atoms. The average Bonchev–Trinajstić information content (AvgIpc) is 1.85. The molecule has 0 aliphatic carbocycles. The molecule has 2 nitrogen and oxygen atoms in total. The summed E-state index contributed by atoms with van der Waals surface area (Å²) in [6, 6.07) is 0. The van der Waals surface area contributed by atoms with Crippen molar-refractivity contribution in [3.63, 3.8) is 0 Å². The Morgan fingerprint density at radius 3 is 2.08 bits per heavy atom. The summed E-state index contributed by atoms with van der Waals surface area (Å²) in [6.07, 6.45) is 0. The fraction of sp³-hybridized carbons (Fsp3) is 0.800. The molecule has 13 heavy (non-hydrogen) atoms. The van der Waals surface area contributed by atoms with Gasteiger partial charge in [-0.3, -0.25) is 4.84 Å². The third-order valence-electron chi connectivity index (χ3n) is 1.50. The number of nitrogens with zero attached hydrogens (tertiary/aromatic N) is 1. The van der Waals surface area contributed by atoms with Crippen molar-refractivity contribution in [2.75, 3.05) is 13.2 Å². The Hall–Kier alpha value is -0.0500. The van der Waals surface area contributed by atoms with E-state index in [9.17, 15) is 0 Å². The van der Waals surface area contributed by atoms with Crippen LogP contribution in [0.5, 0.6) is 0 Å². The molecule has 0 aromatic rings. The Morgan fingerprint density at radius 2 is 1.85 bits per heavy atom. The smallest absolute Gasteiger partial charge is 0.0890 e. The van der Waals surface area contributed by atoms with Gasteiger partial charge in [-0.05, 0) is 27.7 Å². The SMILES string of the molecule is C=C(C)CON(CC)C(C)(C)C.Cl. The minimum atomic E-state index is 0. The number of hydrogen-bond acceptors (Lipinski definition) is 2. The van der Waals surface area contributed by atoms with Gasteiger partial charge < -0.3 is 0 Å². The third kappa shape index (κ3) is 7.05. The second kappa shape index (κ2) is 6.41. The first kappa shape index (κ1) is 15.4. The summed E-state index contributed by atoms with van der Waals surface area (Å²) in [7, 11) is 0. The summed E-state index contributed by atoms with van der Waals surface area (Å²) >= 11 is 0. The van der Waals surface area contributed by atoms with E-state index in [-0.39, 0.29) is 17.9 Å². The van der Waals surface area contributed by atoms with Gasteiger partial charge in [0.15, 0.2) is 0 Å². The lowest BCUT2D eigenvalue weighted by Gasteiger charge is -2.33. The first-order valence-corrected chi connectivity index (χ1v) is 4.43. The zero-order chi connectivity index (χ0) is 9.78. The quantitative estimate of drug-likeness (QED) is 0.519. The van der Waals surface area contributed by atoms with Crippen LogP contribution in [0.2, 0.25) is 0 Å². The Kier molecular flexibility index (Phi) is 7.61. The van der Waals surface area contributed by atoms with Crippen LogP contribution in [0.3, 0.4) is 0 Å². The van der Waals surface area contributed by atoms with E-state index < -0.39 is 0 Å². The summed E-state index contributed by atoms with van der Waals surface area (Å²) in [4.78, 5) is 5.55. The van der Waals surface area contributed by atoms with Crippen molar-refractivity contribution in [2.24, 2.45) is 0 Å². The van der Waals surface area contributed by atoms with Crippen molar-refractivity contribution < 1.29 is 4.84 Å². The first-order chi connectivity index (χ1) is 5.38. The predicted octanol–water partition coefficient (Wildman–Crippen LogP) is 3.04. The van der Waals surface area contributed by atoms with Crippen molar-refractivity contribution in [1.82, 2.24) is 5.06 Å². The molecule has 0 atom stereocenters. The Bertz CT molecular complexity index is 151. The lowest BCUT2D eigenvalue weighted by atomic mass is 10.1. The summed E-state index contributed by atoms with van der Waals surface area (Å²) in [5, 5.41) is 1.97. The molecule has 0 fully saturated rings. The Labute approximate surface area is 88.3 Å². The maximum atomic E-state index is 5.55. The molecule has 0 saturated heterocycles. The molecule has 80 valence electrons. The predicted molar refractivity (Wildman–Crippen MR) is 60.1 cm³/mol. The first-order valence-electron chi connectivity index (χ1n) is 4.43. The van der Waals surface area contributed by atoms with Crippen LogP contribution in [0.1, 0.15) is 34.6 Å². The molecule has 0 heterocycles. The van der Waals surface area contributed by atoms with Crippen molar-refractivity contribution in [3.8, 4) is 0 Å². The number of hydrogen-bond donors (Lipinski definition) is 0. The number of halogens is 1. The average molecular weight is 208 g/mol. The molecule has 0 aliphatic rings. The van der Waals surface area contributed by atoms with E-state index in [4.69, 9.17) is 4.84 Å². The monoisotopic (exact) mass is 207 g/mol. The lowest BCUT2D eigenvalue weighted by Crippen LogP contribution is -2.41. The van der Waals surface area contributed by atoms with Crippen LogP contribution in [0.15, 0.2) is 12.2 Å². The lowest BCUT2D eigenvalue weighted by molar-refractivity contribution is -0.199. The van der Waals surface area contributed by atoms with Gasteiger partial charge in [-0.15, -0.1) is 12.4 Å². The molecule has 0 rings (SSSR count). The molecule has 0 aliphatic heterocycles. The van der Waals surface area contributed by atoms with Gasteiger partial charge in [-0.1, -0.05) is 19.1 Å². The topological polar surface area (TPSA) is 12.5 Å². The molecule has 0 N–H and O–H groups in total. The van der Waals surface area contributed by atoms with E-state index in [1.807, 2.05) is 12.0 Å². The van der Waals surface area contributed by atoms with E-state index in [1.54, 1.807) is 0 Å². The maximum Gasteiger partial charge on any atom is 0.0890 e. The van der Waals surface area contributed by atoms with Crippen LogP contribution >= 0.6 is 12.4 Å². The van der Waals surface area contributed by atoms with Gasteiger partial charge in [0.25, 0.3) is 0 Å². The Morgan fingerprint density at radius 1 is 1.38 bits per heavy atom. The molecule has 0 saturated carbocycles. The third-order valence-corrected chi connectivity index (χ3v) is 1.50. The molecule has 0 radical (unpaired) electrons. The van der Waals surface area contributed by atoms with Gasteiger partial charge in [-0.2, -0.15) is 5.06 Å². The minimum Gasteiger partial charge on any atom is -0.294 e. The molecule has 0 spiro atoms. The fourth-order valence-electron chi connectivity index (χ4n) is 0.947. The molecule has 0 amide bonds.